The number of rotatable bonds is 11. The highest BCUT2D eigenvalue weighted by Gasteiger charge is 2.17. The molecule has 0 aliphatic heterocycles. The molecular weight excluding hydrogens is 491 g/mol. The van der Waals surface area contributed by atoms with Crippen LogP contribution in [0.4, 0.5) is 4.39 Å². The van der Waals surface area contributed by atoms with Gasteiger partial charge in [0.05, 0.1) is 17.2 Å². The number of ether oxygens (including phenoxy) is 2. The summed E-state index contributed by atoms with van der Waals surface area (Å²) in [5, 5.41) is 0. The molecule has 6 nitrogen and oxygen atoms in total. The third-order valence-electron chi connectivity index (χ3n) is 6.10. The Hall–Kier alpha value is -3.62. The number of halogens is 1. The number of hydrogen-bond acceptors (Lipinski definition) is 5. The van der Waals surface area contributed by atoms with Crippen LogP contribution in [-0.2, 0) is 16.4 Å². The summed E-state index contributed by atoms with van der Waals surface area (Å²) in [5.41, 5.74) is 9.89. The summed E-state index contributed by atoms with van der Waals surface area (Å²) in [4.78, 5) is 0.253. The highest BCUT2D eigenvalue weighted by atomic mass is 32.2. The molecule has 194 valence electrons. The molecule has 0 saturated carbocycles. The van der Waals surface area contributed by atoms with E-state index in [1.165, 1.54) is 18.4 Å². The van der Waals surface area contributed by atoms with Gasteiger partial charge in [0.2, 0.25) is 0 Å². The summed E-state index contributed by atoms with van der Waals surface area (Å²) in [5.74, 6) is 1.17. The maximum atomic E-state index is 13.6. The smallest absolute Gasteiger partial charge is 0.175 e. The number of nitrogens with zero attached hydrogens (tertiary/aromatic N) is 1. The van der Waals surface area contributed by atoms with E-state index in [2.05, 4.69) is 0 Å². The van der Waals surface area contributed by atoms with E-state index in [1.54, 1.807) is 36.4 Å². The van der Waals surface area contributed by atoms with E-state index in [0.717, 1.165) is 46.8 Å². The molecule has 37 heavy (non-hydrogen) atoms. The summed E-state index contributed by atoms with van der Waals surface area (Å²) in [6.45, 7) is 3.59. The van der Waals surface area contributed by atoms with Crippen molar-refractivity contribution in [3.8, 4) is 28.4 Å². The van der Waals surface area contributed by atoms with E-state index >= 15 is 0 Å². The van der Waals surface area contributed by atoms with Crippen LogP contribution in [0.1, 0.15) is 24.1 Å². The Morgan fingerprint density at radius 2 is 1.49 bits per heavy atom. The number of unbranched alkanes of at least 4 members (excludes halogenated alkanes) is 1. The first-order valence-corrected chi connectivity index (χ1v) is 14.0. The first kappa shape index (κ1) is 26.4. The van der Waals surface area contributed by atoms with Gasteiger partial charge in [-0.1, -0.05) is 12.1 Å². The fourth-order valence-electron chi connectivity index (χ4n) is 4.04. The Labute approximate surface area is 217 Å². The molecule has 0 bridgehead atoms. The van der Waals surface area contributed by atoms with Gasteiger partial charge in [0.15, 0.2) is 9.84 Å². The highest BCUT2D eigenvalue weighted by molar-refractivity contribution is 7.90. The van der Waals surface area contributed by atoms with Gasteiger partial charge in [0.1, 0.15) is 23.9 Å². The molecule has 0 spiro atoms. The lowest BCUT2D eigenvalue weighted by atomic mass is 10.1. The van der Waals surface area contributed by atoms with E-state index in [1.807, 2.05) is 41.8 Å². The first-order chi connectivity index (χ1) is 17.8. The molecule has 0 unspecified atom stereocenters. The summed E-state index contributed by atoms with van der Waals surface area (Å²) >= 11 is 0. The molecule has 4 aromatic rings. The predicted molar refractivity (Wildman–Crippen MR) is 144 cm³/mol. The second kappa shape index (κ2) is 11.6. The van der Waals surface area contributed by atoms with E-state index in [0.29, 0.717) is 25.5 Å². The second-order valence-corrected chi connectivity index (χ2v) is 10.9. The summed E-state index contributed by atoms with van der Waals surface area (Å²) < 4.78 is 51.3. The van der Waals surface area contributed by atoms with E-state index < -0.39 is 9.84 Å². The average Bonchev–Trinajstić information content (AvgIpc) is 3.22. The zero-order chi connectivity index (χ0) is 26.4. The van der Waals surface area contributed by atoms with Gasteiger partial charge in [-0.2, -0.15) is 0 Å². The minimum absolute atomic E-state index is 0.253. The number of hydrogen-bond donors (Lipinski definition) is 1. The largest absolute Gasteiger partial charge is 0.494 e. The van der Waals surface area contributed by atoms with Gasteiger partial charge in [0.25, 0.3) is 0 Å². The van der Waals surface area contributed by atoms with Crippen molar-refractivity contribution < 1.29 is 22.3 Å². The van der Waals surface area contributed by atoms with Crippen LogP contribution in [0, 0.1) is 12.7 Å². The van der Waals surface area contributed by atoms with E-state index in [-0.39, 0.29) is 10.7 Å². The molecule has 3 aromatic carbocycles. The van der Waals surface area contributed by atoms with Crippen LogP contribution < -0.4 is 15.2 Å². The van der Waals surface area contributed by atoms with E-state index in [4.69, 9.17) is 15.2 Å². The van der Waals surface area contributed by atoms with Gasteiger partial charge >= 0.3 is 0 Å². The third kappa shape index (κ3) is 6.58. The molecule has 0 saturated heterocycles. The lowest BCUT2D eigenvalue weighted by molar-refractivity contribution is 0.298. The van der Waals surface area contributed by atoms with Crippen molar-refractivity contribution in [2.45, 2.75) is 31.3 Å². The Morgan fingerprint density at radius 3 is 2.08 bits per heavy atom. The Kier molecular flexibility index (Phi) is 8.31. The lowest BCUT2D eigenvalue weighted by Crippen LogP contribution is -2.03. The van der Waals surface area contributed by atoms with Crippen molar-refractivity contribution in [3.05, 3.63) is 95.9 Å². The molecule has 0 atom stereocenters. The zero-order valence-corrected chi connectivity index (χ0v) is 21.8. The van der Waals surface area contributed by atoms with Crippen LogP contribution in [0.5, 0.6) is 11.5 Å². The van der Waals surface area contributed by atoms with Crippen molar-refractivity contribution in [3.63, 3.8) is 0 Å². The molecule has 2 N–H and O–H groups in total. The van der Waals surface area contributed by atoms with Crippen molar-refractivity contribution in [2.75, 3.05) is 19.4 Å². The van der Waals surface area contributed by atoms with Crippen molar-refractivity contribution in [1.29, 1.82) is 0 Å². The molecule has 4 rings (SSSR count). The molecule has 0 amide bonds. The third-order valence-corrected chi connectivity index (χ3v) is 7.23. The summed E-state index contributed by atoms with van der Waals surface area (Å²) in [6, 6.07) is 22.5. The van der Waals surface area contributed by atoms with Gasteiger partial charge in [0, 0.05) is 23.2 Å². The maximum Gasteiger partial charge on any atom is 0.175 e. The lowest BCUT2D eigenvalue weighted by Gasteiger charge is -2.13. The summed E-state index contributed by atoms with van der Waals surface area (Å²) in [6.07, 6.45) is 3.03. The number of benzene rings is 3. The van der Waals surface area contributed by atoms with Crippen LogP contribution in [0.25, 0.3) is 16.9 Å². The molecular formula is C29H31FN2O4S. The highest BCUT2D eigenvalue weighted by Crippen LogP contribution is 2.31. The number of nitrogens with two attached hydrogens (primary N) is 1. The maximum absolute atomic E-state index is 13.6. The van der Waals surface area contributed by atoms with Crippen molar-refractivity contribution in [2.24, 2.45) is 5.73 Å². The Balaban J connectivity index is 1.59. The van der Waals surface area contributed by atoms with Gasteiger partial charge < -0.3 is 19.8 Å². The van der Waals surface area contributed by atoms with Crippen molar-refractivity contribution >= 4 is 9.84 Å². The fourth-order valence-corrected chi connectivity index (χ4v) is 4.67. The SMILES string of the molecule is Cc1c(COc2ccc(OCCCCN)cc2)cc(-c2ccc(S(C)(=O)=O)cc2)n1-c1ccc(F)cc1. The molecule has 0 aliphatic carbocycles. The number of sulfone groups is 1. The standard InChI is InChI=1S/C29H31FN2O4S/c1-21-23(20-36-27-13-11-26(12-14-27)35-18-4-3-17-31)19-29(32(21)25-9-7-24(30)8-10-25)22-5-15-28(16-6-22)37(2,33)34/h5-16,19H,3-4,17-18,20,31H2,1-2H3. The van der Waals surface area contributed by atoms with Crippen molar-refractivity contribution in [1.82, 2.24) is 4.57 Å². The second-order valence-electron chi connectivity index (χ2n) is 8.85. The predicted octanol–water partition coefficient (Wildman–Crippen LogP) is 5.69. The van der Waals surface area contributed by atoms with Gasteiger partial charge in [-0.3, -0.25) is 0 Å². The van der Waals surface area contributed by atoms with Crippen LogP contribution in [0.15, 0.2) is 83.8 Å². The molecule has 1 aromatic heterocycles. The van der Waals surface area contributed by atoms with Crippen LogP contribution in [0.3, 0.4) is 0 Å². The Morgan fingerprint density at radius 1 is 0.865 bits per heavy atom. The first-order valence-electron chi connectivity index (χ1n) is 12.1. The fraction of sp³-hybridized carbons (Fsp3) is 0.241. The molecule has 0 fully saturated rings. The van der Waals surface area contributed by atoms with Gasteiger partial charge in [-0.15, -0.1) is 0 Å². The van der Waals surface area contributed by atoms with Crippen LogP contribution in [-0.4, -0.2) is 32.4 Å². The number of aromatic nitrogens is 1. The Bertz CT molecular complexity index is 1430. The minimum atomic E-state index is -3.30. The molecule has 8 heteroatoms. The van der Waals surface area contributed by atoms with Crippen LogP contribution in [0.2, 0.25) is 0 Å². The van der Waals surface area contributed by atoms with Gasteiger partial charge in [-0.25, -0.2) is 12.8 Å². The van der Waals surface area contributed by atoms with Crippen LogP contribution >= 0.6 is 0 Å². The monoisotopic (exact) mass is 522 g/mol. The van der Waals surface area contributed by atoms with Gasteiger partial charge in [-0.05, 0) is 98.6 Å². The molecule has 1 heterocycles. The normalized spacial score (nSPS) is 11.5. The molecule has 0 radical (unpaired) electrons. The molecule has 0 aliphatic rings. The quantitative estimate of drug-likeness (QED) is 0.256. The van der Waals surface area contributed by atoms with E-state index in [9.17, 15) is 12.8 Å². The summed E-state index contributed by atoms with van der Waals surface area (Å²) in [7, 11) is -3.30. The average molecular weight is 523 g/mol. The topological polar surface area (TPSA) is 83.6 Å². The minimum Gasteiger partial charge on any atom is -0.494 e. The zero-order valence-electron chi connectivity index (χ0n) is 21.0.